The number of aliphatic carboxylic acids is 2. The fourth-order valence-corrected chi connectivity index (χ4v) is 12.8. The zero-order valence-corrected chi connectivity index (χ0v) is 106. The first kappa shape index (κ1) is 155. The number of likely N-dealkylation sites (N-methyl/N-ethyl adjacent to an activating group) is 8. The van der Waals surface area contributed by atoms with Crippen LogP contribution in [-0.4, -0.2) is 440 Å². The van der Waals surface area contributed by atoms with Gasteiger partial charge in [-0.05, 0) is 227 Å². The standard InChI is InChI=1S/C19H38N2O3.C18H38N2O4.C16H34N4O2.C16H33N3O2.C16H34N2O3.C16H32N2O3.C13H28N2O/c1-15(16(22)23)11-9-10-12-21(17(24)18(2,3)4)14-13-20(8)19(5,6)7;1-17(2,3)16(22)20(9-8-19(7)18(4,5)6)10-12-23-14-15-24-13-11-21;1-15(2,3)13(21)20(10-8-9-18-14(17)22)12-11-19(7)16(4,5)6;1-15(2,3)14(21)19(10-8-9-13(17)20)12-11-18(7)16(4,5)6;1-15(2,3)14(20)18(10-12-21-13-11-19)9-8-17(7)16(4,5)6;1-15(2,3)14(21)18(10-8-9-13(19)20)12-11-17(7)16(4,5)6;1-12(2,3)11(16)14(7)9-10-15(8)13(4,5)6/h15H,9-14H2,1-8H3,(H,22,23);21H,8-15H2,1-7H3;8-12H2,1-7H3,(H3,17,18,22);8-12H2,1-7H3,(H2,17,20);19H,8-13H2,1-7H3;8-12H2,1-7H3,(H,19,20);9-10H2,1-8H3/t15-;;;;;;/m0....../s1. The number of nitrogens with zero attached hydrogens (tertiary/aromatic N) is 14. The summed E-state index contributed by atoms with van der Waals surface area (Å²) in [6.07, 6.45) is 4.58. The first-order valence-corrected chi connectivity index (χ1v) is 54.5. The summed E-state index contributed by atoms with van der Waals surface area (Å²) in [5.74, 6) is -1.21. The lowest BCUT2D eigenvalue weighted by Crippen LogP contribution is -2.47. The van der Waals surface area contributed by atoms with Crippen molar-refractivity contribution in [3.05, 3.63) is 0 Å². The summed E-state index contributed by atoms with van der Waals surface area (Å²) in [4.78, 5) is 159. The Balaban J connectivity index is -0.000000317. The predicted octanol–water partition coefficient (Wildman–Crippen LogP) is 14.9. The molecule has 35 heteroatoms. The van der Waals surface area contributed by atoms with E-state index >= 15 is 0 Å². The number of amides is 10. The Morgan fingerprint density at radius 1 is 0.255 bits per heavy atom. The largest absolute Gasteiger partial charge is 0.481 e. The summed E-state index contributed by atoms with van der Waals surface area (Å²) in [7, 11) is 16.4. The minimum Gasteiger partial charge on any atom is -0.481 e. The number of aliphatic hydroxyl groups is 2. The van der Waals surface area contributed by atoms with Crippen LogP contribution in [-0.2, 0) is 62.2 Å². The number of rotatable bonds is 52. The van der Waals surface area contributed by atoms with Crippen LogP contribution >= 0.6 is 0 Å². The Labute approximate surface area is 911 Å². The van der Waals surface area contributed by atoms with E-state index in [1.165, 1.54) is 0 Å². The number of hydrogen-bond donors (Lipinski definition) is 7. The monoisotopic (exact) mass is 2130 g/mol. The topological polar surface area (TPSA) is 406 Å². The van der Waals surface area contributed by atoms with Gasteiger partial charge in [-0.1, -0.05) is 159 Å². The van der Waals surface area contributed by atoms with E-state index in [0.29, 0.717) is 157 Å². The highest BCUT2D eigenvalue weighted by molar-refractivity contribution is 5.85. The van der Waals surface area contributed by atoms with Crippen LogP contribution in [0.4, 0.5) is 4.79 Å². The molecule has 0 aromatic carbocycles. The van der Waals surface area contributed by atoms with Gasteiger partial charge in [-0.25, -0.2) is 4.79 Å². The van der Waals surface area contributed by atoms with Crippen LogP contribution in [0.25, 0.3) is 0 Å². The second-order valence-electron chi connectivity index (χ2n) is 54.1. The zero-order valence-electron chi connectivity index (χ0n) is 106. The Bertz CT molecular complexity index is 3630. The lowest BCUT2D eigenvalue weighted by atomic mass is 9.94. The molecule has 1 atom stereocenters. The van der Waals surface area contributed by atoms with E-state index in [-0.39, 0.29) is 117 Å². The molecule has 0 aliphatic heterocycles. The van der Waals surface area contributed by atoms with Gasteiger partial charge in [-0.3, -0.25) is 82.2 Å². The molecule has 9 N–H and O–H groups in total. The Kier molecular flexibility index (Phi) is 75.4. The molecule has 0 heterocycles. The van der Waals surface area contributed by atoms with Gasteiger partial charge in [-0.2, -0.15) is 0 Å². The molecule has 0 saturated heterocycles. The van der Waals surface area contributed by atoms with Crippen molar-refractivity contribution in [3.8, 4) is 0 Å². The molecule has 35 nitrogen and oxygen atoms in total. The predicted molar refractivity (Wildman–Crippen MR) is 615 cm³/mol. The summed E-state index contributed by atoms with van der Waals surface area (Å²) in [5.41, 5.74) is 8.10. The van der Waals surface area contributed by atoms with Crippen molar-refractivity contribution < 1.29 is 87.4 Å². The van der Waals surface area contributed by atoms with Gasteiger partial charge in [0.15, 0.2) is 0 Å². The van der Waals surface area contributed by atoms with E-state index in [1.54, 1.807) is 11.8 Å². The fraction of sp³-hybridized carbons (Fsp3) is 0.904. The molecule has 0 saturated carbocycles. The van der Waals surface area contributed by atoms with Gasteiger partial charge in [-0.15, -0.1) is 0 Å². The van der Waals surface area contributed by atoms with Gasteiger partial charge < -0.3 is 85.7 Å². The molecule has 10 amide bonds. The third-order valence-corrected chi connectivity index (χ3v) is 25.7. The lowest BCUT2D eigenvalue weighted by Gasteiger charge is -2.35. The number of ether oxygens (including phenoxy) is 3. The van der Waals surface area contributed by atoms with Gasteiger partial charge in [0.2, 0.25) is 47.3 Å². The number of carbonyl (C=O) groups excluding carboxylic acids is 9. The number of nitrogens with two attached hydrogens (primary N) is 2. The average molecular weight is 2130 g/mol. The number of aliphatic hydroxyl groups excluding tert-OH is 2. The number of carboxylic acids is 2. The first-order valence-electron chi connectivity index (χ1n) is 54.5. The number of primary amides is 2. The van der Waals surface area contributed by atoms with Gasteiger partial charge in [0, 0.05) is 234 Å². The second-order valence-corrected chi connectivity index (χ2v) is 54.1. The van der Waals surface area contributed by atoms with E-state index in [0.717, 1.165) is 65.2 Å². The molecule has 0 radical (unpaired) electrons. The molecular formula is C114H237N17O18. The molecule has 0 bridgehead atoms. The second kappa shape index (κ2) is 72.3. The summed E-state index contributed by atoms with van der Waals surface area (Å²) in [5, 5.41) is 37.6. The number of nitrogens with one attached hydrogen (secondary N) is 1. The van der Waals surface area contributed by atoms with E-state index in [1.807, 2.05) is 189 Å². The third kappa shape index (κ3) is 80.0. The minimum atomic E-state index is -0.815. The van der Waals surface area contributed by atoms with Gasteiger partial charge in [0.05, 0.1) is 58.8 Å². The molecule has 0 aliphatic rings. The summed E-state index contributed by atoms with van der Waals surface area (Å²) >= 11 is 0. The molecule has 0 aromatic heterocycles. The number of carboxylic acid groups (broad SMARTS) is 2. The number of carbonyl (C=O) groups is 11. The first-order chi connectivity index (χ1) is 66.8. The highest BCUT2D eigenvalue weighted by Gasteiger charge is 2.36. The molecule has 0 aliphatic carbocycles. The van der Waals surface area contributed by atoms with E-state index in [2.05, 4.69) is 227 Å². The molecule has 0 spiro atoms. The maximum atomic E-state index is 12.7. The highest BCUT2D eigenvalue weighted by atomic mass is 16.5. The van der Waals surface area contributed by atoms with Crippen LogP contribution < -0.4 is 16.8 Å². The van der Waals surface area contributed by atoms with E-state index in [4.69, 9.17) is 46.1 Å². The van der Waals surface area contributed by atoms with E-state index < -0.39 is 50.5 Å². The molecule has 0 unspecified atom stereocenters. The Morgan fingerprint density at radius 3 is 0.671 bits per heavy atom. The van der Waals surface area contributed by atoms with Crippen LogP contribution in [0.1, 0.15) is 349 Å². The van der Waals surface area contributed by atoms with Crippen molar-refractivity contribution in [1.29, 1.82) is 0 Å². The third-order valence-electron chi connectivity index (χ3n) is 25.7. The normalized spacial score (nSPS) is 12.9. The Morgan fingerprint density at radius 2 is 0.463 bits per heavy atom. The maximum Gasteiger partial charge on any atom is 0.312 e. The summed E-state index contributed by atoms with van der Waals surface area (Å²) < 4.78 is 16.0. The quantitative estimate of drug-likeness (QED) is 0.0278. The van der Waals surface area contributed by atoms with Crippen molar-refractivity contribution in [2.75, 3.05) is 247 Å². The molecule has 149 heavy (non-hydrogen) atoms. The molecule has 0 rings (SSSR count). The van der Waals surface area contributed by atoms with Crippen LogP contribution in [0.3, 0.4) is 0 Å². The lowest BCUT2D eigenvalue weighted by molar-refractivity contribution is -0.142. The van der Waals surface area contributed by atoms with Crippen molar-refractivity contribution in [2.45, 2.75) is 388 Å². The summed E-state index contributed by atoms with van der Waals surface area (Å²) in [6.45, 7) is 105. The number of unbranched alkanes of at least 4 members (excludes halogenated alkanes) is 1. The molecule has 0 aromatic rings. The van der Waals surface area contributed by atoms with Crippen molar-refractivity contribution in [1.82, 2.24) is 73.9 Å². The molecule has 0 fully saturated rings. The van der Waals surface area contributed by atoms with Crippen molar-refractivity contribution in [2.24, 2.45) is 55.3 Å². The van der Waals surface area contributed by atoms with Crippen molar-refractivity contribution in [3.63, 3.8) is 0 Å². The van der Waals surface area contributed by atoms with Gasteiger partial charge in [0.25, 0.3) is 0 Å². The number of urea groups is 1. The molecule has 886 valence electrons. The smallest absolute Gasteiger partial charge is 0.312 e. The number of hydrogen-bond acceptors (Lipinski definition) is 23. The minimum absolute atomic E-state index is 0.0139. The van der Waals surface area contributed by atoms with E-state index in [9.17, 15) is 52.7 Å². The SMILES string of the molecule is CN(CCN(C)C(C)(C)C)C(=O)C(C)(C)C.CN(CCN(CCCC(=O)O)C(=O)C(C)(C)C)C(C)(C)C.CN(CCN(CCCC(N)=O)C(=O)C(C)(C)C)C(C)(C)C.CN(CCN(CCCNC(N)=O)C(=O)C(C)(C)C)C(C)(C)C.CN(CCN(CCOCCO)C(=O)C(C)(C)C)C(C)(C)C.CN(CCN(CCOCCOCCO)C(=O)C(C)(C)C)C(C)(C)C.C[C@@H](CCCCN(CCN(C)C(C)(C)C)C(=O)C(C)(C)C)C(=O)O. The zero-order chi connectivity index (χ0) is 119. The van der Waals surface area contributed by atoms with Gasteiger partial charge in [0.1, 0.15) is 0 Å². The average Bonchev–Trinajstić information content (AvgIpc) is 0.862. The van der Waals surface area contributed by atoms with Crippen LogP contribution in [0.5, 0.6) is 0 Å². The molecular weight excluding hydrogens is 1900 g/mol. The van der Waals surface area contributed by atoms with Crippen LogP contribution in [0.2, 0.25) is 0 Å². The van der Waals surface area contributed by atoms with Crippen LogP contribution in [0, 0.1) is 43.8 Å². The summed E-state index contributed by atoms with van der Waals surface area (Å²) in [6, 6.07) is -0.527. The van der Waals surface area contributed by atoms with Crippen LogP contribution in [0.15, 0.2) is 0 Å². The highest BCUT2D eigenvalue weighted by Crippen LogP contribution is 2.27. The van der Waals surface area contributed by atoms with Gasteiger partial charge >= 0.3 is 18.0 Å². The fourth-order valence-electron chi connectivity index (χ4n) is 12.8. The van der Waals surface area contributed by atoms with Crippen molar-refractivity contribution >= 4 is 65.2 Å². The maximum absolute atomic E-state index is 12.7. The Hall–Kier alpha value is -6.51.